The second kappa shape index (κ2) is 5.96. The molecule has 19 heavy (non-hydrogen) atoms. The standard InChI is InChI=1S/C17H24O2/c18-17(13-7-3-1-2-4-8-13)15-11-12-19-16-10-6-5-9-14(15)16/h5-6,9-10,13,15,17-18H,1-4,7-8,11-12H2. The fraction of sp³-hybridized carbons (Fsp3) is 0.647. The number of hydrogen-bond donors (Lipinski definition) is 1. The van der Waals surface area contributed by atoms with Crippen molar-refractivity contribution in [2.75, 3.05) is 6.61 Å². The SMILES string of the molecule is OC(C1CCCCCC1)C1CCOc2ccccc21. The van der Waals surface area contributed by atoms with Crippen LogP contribution in [0.1, 0.15) is 56.4 Å². The fourth-order valence-electron chi connectivity index (χ4n) is 3.71. The average Bonchev–Trinajstić information content (AvgIpc) is 2.75. The Labute approximate surface area is 115 Å². The lowest BCUT2D eigenvalue weighted by Gasteiger charge is -2.33. The largest absolute Gasteiger partial charge is 0.493 e. The Hall–Kier alpha value is -1.02. The Kier molecular flexibility index (Phi) is 4.07. The first-order valence-electron chi connectivity index (χ1n) is 7.76. The molecule has 0 radical (unpaired) electrons. The van der Waals surface area contributed by atoms with Crippen LogP contribution in [0.3, 0.4) is 0 Å². The Bertz CT molecular complexity index is 407. The van der Waals surface area contributed by atoms with E-state index in [1.54, 1.807) is 0 Å². The van der Waals surface area contributed by atoms with Crippen LogP contribution in [0.2, 0.25) is 0 Å². The lowest BCUT2D eigenvalue weighted by molar-refractivity contribution is 0.0564. The molecule has 3 rings (SSSR count). The molecule has 0 amide bonds. The highest BCUT2D eigenvalue weighted by atomic mass is 16.5. The van der Waals surface area contributed by atoms with Crippen LogP contribution in [0.15, 0.2) is 24.3 Å². The van der Waals surface area contributed by atoms with E-state index in [9.17, 15) is 5.11 Å². The lowest BCUT2D eigenvalue weighted by atomic mass is 9.79. The van der Waals surface area contributed by atoms with Gasteiger partial charge in [-0.15, -0.1) is 0 Å². The molecular formula is C17H24O2. The topological polar surface area (TPSA) is 29.5 Å². The van der Waals surface area contributed by atoms with E-state index in [4.69, 9.17) is 4.74 Å². The van der Waals surface area contributed by atoms with Gasteiger partial charge in [0, 0.05) is 5.92 Å². The van der Waals surface area contributed by atoms with Crippen molar-refractivity contribution in [3.8, 4) is 5.75 Å². The van der Waals surface area contributed by atoms with E-state index < -0.39 is 0 Å². The number of benzene rings is 1. The molecule has 1 aromatic rings. The van der Waals surface area contributed by atoms with Gasteiger partial charge in [0.1, 0.15) is 5.75 Å². The van der Waals surface area contributed by atoms with Gasteiger partial charge in [0.05, 0.1) is 12.7 Å². The van der Waals surface area contributed by atoms with E-state index in [0.717, 1.165) is 18.8 Å². The molecule has 0 aromatic heterocycles. The van der Waals surface area contributed by atoms with E-state index in [0.29, 0.717) is 5.92 Å². The molecule has 1 aromatic carbocycles. The van der Waals surface area contributed by atoms with Gasteiger partial charge in [-0.1, -0.05) is 43.9 Å². The van der Waals surface area contributed by atoms with Crippen molar-refractivity contribution in [1.29, 1.82) is 0 Å². The van der Waals surface area contributed by atoms with Crippen molar-refractivity contribution in [3.63, 3.8) is 0 Å². The Morgan fingerprint density at radius 1 is 1.00 bits per heavy atom. The van der Waals surface area contributed by atoms with Gasteiger partial charge in [-0.2, -0.15) is 0 Å². The van der Waals surface area contributed by atoms with Gasteiger partial charge in [0.25, 0.3) is 0 Å². The summed E-state index contributed by atoms with van der Waals surface area (Å²) >= 11 is 0. The van der Waals surface area contributed by atoms with Crippen LogP contribution >= 0.6 is 0 Å². The molecule has 2 nitrogen and oxygen atoms in total. The van der Waals surface area contributed by atoms with Crippen molar-refractivity contribution in [3.05, 3.63) is 29.8 Å². The third kappa shape index (κ3) is 2.79. The number of ether oxygens (including phenoxy) is 1. The molecule has 104 valence electrons. The van der Waals surface area contributed by atoms with E-state index in [1.165, 1.54) is 44.1 Å². The monoisotopic (exact) mass is 260 g/mol. The maximum atomic E-state index is 10.8. The van der Waals surface area contributed by atoms with Gasteiger partial charge in [-0.05, 0) is 36.8 Å². The second-order valence-corrected chi connectivity index (χ2v) is 6.02. The highest BCUT2D eigenvalue weighted by molar-refractivity contribution is 5.38. The molecule has 1 N–H and O–H groups in total. The van der Waals surface area contributed by atoms with Crippen molar-refractivity contribution >= 4 is 0 Å². The van der Waals surface area contributed by atoms with Crippen LogP contribution in [-0.2, 0) is 0 Å². The molecule has 0 bridgehead atoms. The Balaban J connectivity index is 1.78. The molecule has 2 heteroatoms. The predicted molar refractivity (Wildman–Crippen MR) is 76.5 cm³/mol. The molecule has 1 saturated carbocycles. The smallest absolute Gasteiger partial charge is 0.122 e. The van der Waals surface area contributed by atoms with Crippen molar-refractivity contribution in [2.24, 2.45) is 5.92 Å². The molecule has 0 saturated heterocycles. The highest BCUT2D eigenvalue weighted by Gasteiger charge is 2.32. The van der Waals surface area contributed by atoms with E-state index in [1.807, 2.05) is 12.1 Å². The molecule has 1 fully saturated rings. The minimum absolute atomic E-state index is 0.192. The van der Waals surface area contributed by atoms with E-state index in [2.05, 4.69) is 12.1 Å². The van der Waals surface area contributed by atoms with E-state index in [-0.39, 0.29) is 12.0 Å². The first-order chi connectivity index (χ1) is 9.36. The van der Waals surface area contributed by atoms with Crippen molar-refractivity contribution in [1.82, 2.24) is 0 Å². The van der Waals surface area contributed by atoms with E-state index >= 15 is 0 Å². The zero-order chi connectivity index (χ0) is 13.1. The van der Waals surface area contributed by atoms with Gasteiger partial charge in [-0.25, -0.2) is 0 Å². The first kappa shape index (κ1) is 13.0. The summed E-state index contributed by atoms with van der Waals surface area (Å²) < 4.78 is 5.70. The average molecular weight is 260 g/mol. The molecule has 0 spiro atoms. The number of rotatable bonds is 2. The molecular weight excluding hydrogens is 236 g/mol. The highest BCUT2D eigenvalue weighted by Crippen LogP contribution is 2.40. The van der Waals surface area contributed by atoms with Crippen LogP contribution in [0.4, 0.5) is 0 Å². The molecule has 1 aliphatic heterocycles. The van der Waals surface area contributed by atoms with Gasteiger partial charge >= 0.3 is 0 Å². The van der Waals surface area contributed by atoms with Crippen molar-refractivity contribution in [2.45, 2.75) is 57.0 Å². The second-order valence-electron chi connectivity index (χ2n) is 6.02. The fourth-order valence-corrected chi connectivity index (χ4v) is 3.71. The summed E-state index contributed by atoms with van der Waals surface area (Å²) in [5.74, 6) is 1.73. The summed E-state index contributed by atoms with van der Waals surface area (Å²) in [5.41, 5.74) is 1.21. The van der Waals surface area contributed by atoms with Crippen LogP contribution in [-0.4, -0.2) is 17.8 Å². The van der Waals surface area contributed by atoms with Crippen LogP contribution in [0, 0.1) is 5.92 Å². The number of hydrogen-bond acceptors (Lipinski definition) is 2. The van der Waals surface area contributed by atoms with Gasteiger partial charge in [-0.3, -0.25) is 0 Å². The van der Waals surface area contributed by atoms with Crippen LogP contribution < -0.4 is 4.74 Å². The summed E-state index contributed by atoms with van der Waals surface area (Å²) in [6, 6.07) is 8.22. The third-order valence-corrected chi connectivity index (χ3v) is 4.80. The Morgan fingerprint density at radius 3 is 2.53 bits per heavy atom. The number of para-hydroxylation sites is 1. The summed E-state index contributed by atoms with van der Waals surface area (Å²) in [4.78, 5) is 0. The number of aliphatic hydroxyl groups is 1. The third-order valence-electron chi connectivity index (χ3n) is 4.80. The van der Waals surface area contributed by atoms with Crippen molar-refractivity contribution < 1.29 is 9.84 Å². The minimum atomic E-state index is -0.192. The molecule has 1 heterocycles. The summed E-state index contributed by atoms with van der Waals surface area (Å²) in [7, 11) is 0. The summed E-state index contributed by atoms with van der Waals surface area (Å²) in [5, 5.41) is 10.8. The molecule has 2 unspecified atom stereocenters. The maximum Gasteiger partial charge on any atom is 0.122 e. The quantitative estimate of drug-likeness (QED) is 0.818. The van der Waals surface area contributed by atoms with Gasteiger partial charge < -0.3 is 9.84 Å². The molecule has 2 aliphatic rings. The van der Waals surface area contributed by atoms with Crippen LogP contribution in [0.25, 0.3) is 0 Å². The van der Waals surface area contributed by atoms with Gasteiger partial charge in [0.15, 0.2) is 0 Å². The minimum Gasteiger partial charge on any atom is -0.493 e. The molecule has 2 atom stereocenters. The van der Waals surface area contributed by atoms with Crippen LogP contribution in [0.5, 0.6) is 5.75 Å². The zero-order valence-electron chi connectivity index (χ0n) is 11.6. The predicted octanol–water partition coefficient (Wildman–Crippen LogP) is 3.88. The summed E-state index contributed by atoms with van der Waals surface area (Å²) in [6.45, 7) is 0.742. The summed E-state index contributed by atoms with van der Waals surface area (Å²) in [6.07, 6.45) is 8.40. The maximum absolute atomic E-state index is 10.8. The zero-order valence-corrected chi connectivity index (χ0v) is 11.6. The number of aliphatic hydroxyl groups excluding tert-OH is 1. The lowest BCUT2D eigenvalue weighted by Crippen LogP contribution is -2.31. The number of fused-ring (bicyclic) bond motifs is 1. The molecule has 1 aliphatic carbocycles. The Morgan fingerprint density at radius 2 is 1.74 bits per heavy atom. The normalized spacial score (nSPS) is 26.1. The first-order valence-corrected chi connectivity index (χ1v) is 7.76. The van der Waals surface area contributed by atoms with Gasteiger partial charge in [0.2, 0.25) is 0 Å².